The van der Waals surface area contributed by atoms with Gasteiger partial charge in [-0.05, 0) is 13.8 Å². The number of carbonyl (C=O) groups excluding carboxylic acids is 1. The fourth-order valence-electron chi connectivity index (χ4n) is 2.80. The number of hydrogen-bond donors (Lipinski definition) is 1. The second-order valence-electron chi connectivity index (χ2n) is 6.27. The molecule has 3 rings (SSSR count). The number of rotatable bonds is 8. The number of carbonyl (C=O) groups is 1. The van der Waals surface area contributed by atoms with Crippen molar-refractivity contribution in [3.63, 3.8) is 0 Å². The molecule has 0 spiro atoms. The largest absolute Gasteiger partial charge is 0.497 e. The number of benzene rings is 2. The van der Waals surface area contributed by atoms with E-state index in [9.17, 15) is 4.79 Å². The maximum Gasteiger partial charge on any atom is 0.237 e. The summed E-state index contributed by atoms with van der Waals surface area (Å²) in [7, 11) is 3.14. The first-order valence-electron chi connectivity index (χ1n) is 9.25. The topological polar surface area (TPSA) is 78.3 Å². The van der Waals surface area contributed by atoms with Crippen LogP contribution in [-0.2, 0) is 11.3 Å². The number of hydrogen-bond acceptors (Lipinski definition) is 6. The highest BCUT2D eigenvalue weighted by atomic mass is 32.2. The standard InChI is InChI=1S/C21H24N4O3S/c1-5-25-19(15-9-7-6-8-10-15)23-24-21(25)29-14(2)20(26)22-16-11-17(27-3)13-18(12-16)28-4/h6-14H,5H2,1-4H3,(H,22,26). The van der Waals surface area contributed by atoms with E-state index in [4.69, 9.17) is 9.47 Å². The van der Waals surface area contributed by atoms with Crippen molar-refractivity contribution >= 4 is 23.4 Å². The summed E-state index contributed by atoms with van der Waals surface area (Å²) in [5.74, 6) is 1.87. The molecule has 0 saturated heterocycles. The fraction of sp³-hybridized carbons (Fsp3) is 0.286. The summed E-state index contributed by atoms with van der Waals surface area (Å²) in [6.07, 6.45) is 0. The van der Waals surface area contributed by atoms with Crippen molar-refractivity contribution in [3.8, 4) is 22.9 Å². The molecule has 0 aliphatic rings. The Hall–Kier alpha value is -3.00. The van der Waals surface area contributed by atoms with Crippen LogP contribution in [0.3, 0.4) is 0 Å². The normalized spacial score (nSPS) is 11.7. The van der Waals surface area contributed by atoms with Crippen LogP contribution in [0.25, 0.3) is 11.4 Å². The van der Waals surface area contributed by atoms with E-state index in [1.54, 1.807) is 32.4 Å². The number of nitrogens with one attached hydrogen (secondary N) is 1. The first-order chi connectivity index (χ1) is 14.0. The molecular weight excluding hydrogens is 388 g/mol. The molecule has 29 heavy (non-hydrogen) atoms. The molecule has 152 valence electrons. The zero-order chi connectivity index (χ0) is 20.8. The van der Waals surface area contributed by atoms with Gasteiger partial charge in [0.2, 0.25) is 5.91 Å². The van der Waals surface area contributed by atoms with E-state index in [2.05, 4.69) is 15.5 Å². The van der Waals surface area contributed by atoms with Gasteiger partial charge in [0.05, 0.1) is 19.5 Å². The van der Waals surface area contributed by atoms with E-state index in [0.717, 1.165) is 11.4 Å². The number of anilines is 1. The smallest absolute Gasteiger partial charge is 0.237 e. The van der Waals surface area contributed by atoms with Gasteiger partial charge in [-0.25, -0.2) is 0 Å². The summed E-state index contributed by atoms with van der Waals surface area (Å²) in [6, 6.07) is 15.1. The Balaban J connectivity index is 1.74. The quantitative estimate of drug-likeness (QED) is 0.561. The average Bonchev–Trinajstić information content (AvgIpc) is 3.16. The highest BCUT2D eigenvalue weighted by molar-refractivity contribution is 8.00. The number of ether oxygens (including phenoxy) is 2. The molecule has 0 radical (unpaired) electrons. The van der Waals surface area contributed by atoms with Crippen LogP contribution in [0.15, 0.2) is 53.7 Å². The third kappa shape index (κ3) is 4.89. The summed E-state index contributed by atoms with van der Waals surface area (Å²) < 4.78 is 12.5. The van der Waals surface area contributed by atoms with Gasteiger partial charge in [0.1, 0.15) is 11.5 Å². The molecule has 1 atom stereocenters. The summed E-state index contributed by atoms with van der Waals surface area (Å²) >= 11 is 1.37. The van der Waals surface area contributed by atoms with Crippen LogP contribution in [0.4, 0.5) is 5.69 Å². The van der Waals surface area contributed by atoms with E-state index < -0.39 is 0 Å². The Kier molecular flexibility index (Phi) is 6.77. The molecule has 1 unspecified atom stereocenters. The third-order valence-corrected chi connectivity index (χ3v) is 5.42. The zero-order valence-corrected chi connectivity index (χ0v) is 17.7. The molecule has 3 aromatic rings. The van der Waals surface area contributed by atoms with Gasteiger partial charge in [0.15, 0.2) is 11.0 Å². The molecule has 1 N–H and O–H groups in total. The molecule has 2 aromatic carbocycles. The van der Waals surface area contributed by atoms with Crippen LogP contribution < -0.4 is 14.8 Å². The lowest BCUT2D eigenvalue weighted by atomic mass is 10.2. The summed E-state index contributed by atoms with van der Waals surface area (Å²) in [5.41, 5.74) is 1.61. The maximum atomic E-state index is 12.7. The highest BCUT2D eigenvalue weighted by Crippen LogP contribution is 2.29. The van der Waals surface area contributed by atoms with Gasteiger partial charge in [0.25, 0.3) is 0 Å². The van der Waals surface area contributed by atoms with Crippen molar-refractivity contribution in [1.29, 1.82) is 0 Å². The minimum absolute atomic E-state index is 0.141. The van der Waals surface area contributed by atoms with E-state index in [0.29, 0.717) is 28.9 Å². The van der Waals surface area contributed by atoms with Crippen molar-refractivity contribution in [2.45, 2.75) is 30.8 Å². The molecule has 0 aliphatic carbocycles. The van der Waals surface area contributed by atoms with Crippen molar-refractivity contribution in [3.05, 3.63) is 48.5 Å². The molecule has 1 aromatic heterocycles. The SMILES string of the molecule is CCn1c(SC(C)C(=O)Nc2cc(OC)cc(OC)c2)nnc1-c1ccccc1. The van der Waals surface area contributed by atoms with Crippen LogP contribution in [0.2, 0.25) is 0 Å². The van der Waals surface area contributed by atoms with Crippen LogP contribution in [-0.4, -0.2) is 40.1 Å². The molecule has 0 fully saturated rings. The van der Waals surface area contributed by atoms with Gasteiger partial charge in [-0.2, -0.15) is 0 Å². The first-order valence-corrected chi connectivity index (χ1v) is 10.1. The Morgan fingerprint density at radius 1 is 1.10 bits per heavy atom. The second-order valence-corrected chi connectivity index (χ2v) is 7.58. The lowest BCUT2D eigenvalue weighted by molar-refractivity contribution is -0.115. The van der Waals surface area contributed by atoms with Crippen molar-refractivity contribution in [2.75, 3.05) is 19.5 Å². The minimum Gasteiger partial charge on any atom is -0.497 e. The second kappa shape index (κ2) is 9.47. The van der Waals surface area contributed by atoms with E-state index in [-0.39, 0.29) is 11.2 Å². The molecule has 7 nitrogen and oxygen atoms in total. The lowest BCUT2D eigenvalue weighted by Crippen LogP contribution is -2.23. The average molecular weight is 413 g/mol. The number of aromatic nitrogens is 3. The van der Waals surface area contributed by atoms with Gasteiger partial charge < -0.3 is 19.4 Å². The fourth-order valence-corrected chi connectivity index (χ4v) is 3.71. The lowest BCUT2D eigenvalue weighted by Gasteiger charge is -2.14. The van der Waals surface area contributed by atoms with Crippen LogP contribution >= 0.6 is 11.8 Å². The predicted molar refractivity (Wildman–Crippen MR) is 115 cm³/mol. The highest BCUT2D eigenvalue weighted by Gasteiger charge is 2.20. The molecule has 0 bridgehead atoms. The van der Waals surface area contributed by atoms with E-state index >= 15 is 0 Å². The molecule has 0 saturated carbocycles. The van der Waals surface area contributed by atoms with Gasteiger partial charge in [-0.3, -0.25) is 4.79 Å². The first kappa shape index (κ1) is 20.7. The van der Waals surface area contributed by atoms with Crippen molar-refractivity contribution < 1.29 is 14.3 Å². The summed E-state index contributed by atoms with van der Waals surface area (Å²) in [4.78, 5) is 12.7. The maximum absolute atomic E-state index is 12.7. The van der Waals surface area contributed by atoms with Crippen molar-refractivity contribution in [2.24, 2.45) is 0 Å². The summed E-state index contributed by atoms with van der Waals surface area (Å²) in [6.45, 7) is 4.59. The van der Waals surface area contributed by atoms with Crippen molar-refractivity contribution in [1.82, 2.24) is 14.8 Å². The predicted octanol–water partition coefficient (Wildman–Crippen LogP) is 4.10. The van der Waals surface area contributed by atoms with Gasteiger partial charge in [-0.1, -0.05) is 42.1 Å². The minimum atomic E-state index is -0.370. The number of methoxy groups -OCH3 is 2. The van der Waals surface area contributed by atoms with E-state index in [1.165, 1.54) is 11.8 Å². The Bertz CT molecular complexity index is 953. The molecule has 8 heteroatoms. The van der Waals surface area contributed by atoms with E-state index in [1.807, 2.05) is 48.7 Å². The molecular formula is C21H24N4O3S. The Morgan fingerprint density at radius 3 is 2.34 bits per heavy atom. The van der Waals surface area contributed by atoms with Crippen LogP contribution in [0.1, 0.15) is 13.8 Å². The van der Waals surface area contributed by atoms with Gasteiger partial charge >= 0.3 is 0 Å². The molecule has 0 aliphatic heterocycles. The monoisotopic (exact) mass is 412 g/mol. The van der Waals surface area contributed by atoms with Crippen LogP contribution in [0.5, 0.6) is 11.5 Å². The number of thioether (sulfide) groups is 1. The third-order valence-electron chi connectivity index (χ3n) is 4.34. The molecule has 1 amide bonds. The van der Waals surface area contributed by atoms with Gasteiger partial charge in [-0.15, -0.1) is 10.2 Å². The zero-order valence-electron chi connectivity index (χ0n) is 16.9. The molecule has 1 heterocycles. The van der Waals surface area contributed by atoms with Gasteiger partial charge in [0, 0.05) is 36.0 Å². The van der Waals surface area contributed by atoms with Crippen LogP contribution in [0, 0.1) is 0 Å². The Morgan fingerprint density at radius 2 is 1.76 bits per heavy atom. The number of nitrogens with zero attached hydrogens (tertiary/aromatic N) is 3. The summed E-state index contributed by atoms with van der Waals surface area (Å²) in [5, 5.41) is 11.9. The Labute approximate surface area is 174 Å². The number of amides is 1.